The number of ether oxygens (including phenoxy) is 1. The highest BCUT2D eigenvalue weighted by atomic mass is 28.4. The van der Waals surface area contributed by atoms with Gasteiger partial charge in [0.25, 0.3) is 0 Å². The van der Waals surface area contributed by atoms with Gasteiger partial charge in [0.1, 0.15) is 5.73 Å². The summed E-state index contributed by atoms with van der Waals surface area (Å²) < 4.78 is 23.1. The standard InChI is InChI=1S/C10H23NO4Si/c1-4-13-16(14-5-2,15-6-3)10-9-11-7-8-12-10/h10-11H,4-9H2,1-3H3. The Labute approximate surface area is 98.8 Å². The molecule has 0 bridgehead atoms. The van der Waals surface area contributed by atoms with Gasteiger partial charge in [0, 0.05) is 32.9 Å². The Morgan fingerprint density at radius 3 is 2.06 bits per heavy atom. The summed E-state index contributed by atoms with van der Waals surface area (Å²) in [5.41, 5.74) is -0.0823. The molecule has 0 aromatic heterocycles. The van der Waals surface area contributed by atoms with Crippen LogP contribution in [0.15, 0.2) is 0 Å². The number of hydrogen-bond acceptors (Lipinski definition) is 5. The van der Waals surface area contributed by atoms with Gasteiger partial charge in [0.2, 0.25) is 0 Å². The topological polar surface area (TPSA) is 49.0 Å². The number of morpholine rings is 1. The van der Waals surface area contributed by atoms with Crippen LogP contribution in [0.3, 0.4) is 0 Å². The van der Waals surface area contributed by atoms with Crippen molar-refractivity contribution in [2.24, 2.45) is 0 Å². The molecule has 6 heteroatoms. The smallest absolute Gasteiger partial charge is 0.372 e. The van der Waals surface area contributed by atoms with E-state index in [2.05, 4.69) is 5.32 Å². The highest BCUT2D eigenvalue weighted by Gasteiger charge is 2.51. The molecule has 0 aromatic rings. The summed E-state index contributed by atoms with van der Waals surface area (Å²) in [6.45, 7) is 9.94. The molecule has 96 valence electrons. The van der Waals surface area contributed by atoms with Crippen molar-refractivity contribution < 1.29 is 18.0 Å². The first kappa shape index (κ1) is 14.1. The van der Waals surface area contributed by atoms with Gasteiger partial charge in [0.15, 0.2) is 0 Å². The summed E-state index contributed by atoms with van der Waals surface area (Å²) in [6, 6.07) is 0. The van der Waals surface area contributed by atoms with E-state index in [1.165, 1.54) is 0 Å². The SMILES string of the molecule is CCO[Si](OCC)(OCC)C1CNCCO1. The Balaban J connectivity index is 2.70. The van der Waals surface area contributed by atoms with Gasteiger partial charge in [-0.15, -0.1) is 0 Å². The van der Waals surface area contributed by atoms with Gasteiger partial charge in [-0.05, 0) is 20.8 Å². The van der Waals surface area contributed by atoms with Crippen LogP contribution in [0.4, 0.5) is 0 Å². The Kier molecular flexibility index (Phi) is 6.48. The van der Waals surface area contributed by atoms with Gasteiger partial charge >= 0.3 is 8.80 Å². The lowest BCUT2D eigenvalue weighted by Gasteiger charge is -2.36. The van der Waals surface area contributed by atoms with Crippen molar-refractivity contribution in [2.45, 2.75) is 26.5 Å². The zero-order valence-corrected chi connectivity index (χ0v) is 11.5. The molecule has 1 unspecified atom stereocenters. The van der Waals surface area contributed by atoms with E-state index in [1.807, 2.05) is 20.8 Å². The molecule has 1 atom stereocenters. The summed E-state index contributed by atoms with van der Waals surface area (Å²) >= 11 is 0. The van der Waals surface area contributed by atoms with E-state index in [4.69, 9.17) is 18.0 Å². The van der Waals surface area contributed by atoms with Crippen LogP contribution in [0, 0.1) is 0 Å². The quantitative estimate of drug-likeness (QED) is 0.668. The molecule has 1 saturated heterocycles. The average Bonchev–Trinajstić information content (AvgIpc) is 2.31. The van der Waals surface area contributed by atoms with Crippen LogP contribution in [0.1, 0.15) is 20.8 Å². The maximum Gasteiger partial charge on any atom is 0.532 e. The Bertz CT molecular complexity index is 171. The van der Waals surface area contributed by atoms with Crippen molar-refractivity contribution in [2.75, 3.05) is 39.5 Å². The van der Waals surface area contributed by atoms with Crippen LogP contribution in [0.5, 0.6) is 0 Å². The van der Waals surface area contributed by atoms with Gasteiger partial charge in [0.05, 0.1) is 6.61 Å². The minimum absolute atomic E-state index is 0.0823. The summed E-state index contributed by atoms with van der Waals surface area (Å²) in [7, 11) is -2.68. The molecule has 5 nitrogen and oxygen atoms in total. The predicted octanol–water partition coefficient (Wildman–Crippen LogP) is 0.562. The van der Waals surface area contributed by atoms with E-state index in [1.54, 1.807) is 0 Å². The lowest BCUT2D eigenvalue weighted by Crippen LogP contribution is -2.62. The van der Waals surface area contributed by atoms with Crippen LogP contribution in [-0.2, 0) is 18.0 Å². The molecule has 1 rings (SSSR count). The van der Waals surface area contributed by atoms with Crippen molar-refractivity contribution in [3.8, 4) is 0 Å². The maximum atomic E-state index is 5.78. The lowest BCUT2D eigenvalue weighted by molar-refractivity contribution is -0.0210. The second kappa shape index (κ2) is 7.36. The van der Waals surface area contributed by atoms with Crippen LogP contribution in [-0.4, -0.2) is 54.0 Å². The van der Waals surface area contributed by atoms with Crippen molar-refractivity contribution >= 4 is 8.80 Å². The molecule has 1 N–H and O–H groups in total. The molecule has 1 fully saturated rings. The van der Waals surface area contributed by atoms with Gasteiger partial charge in [-0.2, -0.15) is 0 Å². The molecular weight excluding hydrogens is 226 g/mol. The summed E-state index contributed by atoms with van der Waals surface area (Å²) in [6.07, 6.45) is 0. The first-order valence-corrected chi connectivity index (χ1v) is 7.83. The van der Waals surface area contributed by atoms with Crippen molar-refractivity contribution in [1.29, 1.82) is 0 Å². The Morgan fingerprint density at radius 2 is 1.69 bits per heavy atom. The fraction of sp³-hybridized carbons (Fsp3) is 1.00. The van der Waals surface area contributed by atoms with E-state index in [0.29, 0.717) is 26.4 Å². The number of hydrogen-bond donors (Lipinski definition) is 1. The fourth-order valence-electron chi connectivity index (χ4n) is 1.80. The number of nitrogens with one attached hydrogen (secondary N) is 1. The third kappa shape index (κ3) is 3.51. The normalized spacial score (nSPS) is 22.3. The fourth-order valence-corrected chi connectivity index (χ4v) is 4.53. The molecule has 1 aliphatic heterocycles. The van der Waals surface area contributed by atoms with Gasteiger partial charge in [-0.3, -0.25) is 0 Å². The van der Waals surface area contributed by atoms with Crippen LogP contribution < -0.4 is 5.32 Å². The van der Waals surface area contributed by atoms with Crippen molar-refractivity contribution in [3.63, 3.8) is 0 Å². The molecule has 0 amide bonds. The van der Waals surface area contributed by atoms with Gasteiger partial charge in [-0.25, -0.2) is 0 Å². The molecule has 1 aliphatic rings. The highest BCUT2D eigenvalue weighted by molar-refractivity contribution is 6.62. The minimum Gasteiger partial charge on any atom is -0.372 e. The maximum absolute atomic E-state index is 5.78. The Morgan fingerprint density at radius 1 is 1.12 bits per heavy atom. The van der Waals surface area contributed by atoms with Crippen molar-refractivity contribution in [3.05, 3.63) is 0 Å². The molecule has 16 heavy (non-hydrogen) atoms. The molecule has 0 aromatic carbocycles. The largest absolute Gasteiger partial charge is 0.532 e. The van der Waals surface area contributed by atoms with Crippen LogP contribution in [0.2, 0.25) is 0 Å². The molecule has 1 heterocycles. The second-order valence-corrected chi connectivity index (χ2v) is 6.18. The third-order valence-electron chi connectivity index (χ3n) is 2.36. The molecular formula is C10H23NO4Si. The van der Waals surface area contributed by atoms with Crippen LogP contribution >= 0.6 is 0 Å². The second-order valence-electron chi connectivity index (χ2n) is 3.47. The number of rotatable bonds is 7. The van der Waals surface area contributed by atoms with Gasteiger partial charge in [-0.1, -0.05) is 0 Å². The zero-order chi connectivity index (χ0) is 11.9. The monoisotopic (exact) mass is 249 g/mol. The molecule has 0 spiro atoms. The molecule has 0 aliphatic carbocycles. The summed E-state index contributed by atoms with van der Waals surface area (Å²) in [5.74, 6) is 0. The van der Waals surface area contributed by atoms with E-state index in [0.717, 1.165) is 13.1 Å². The predicted molar refractivity (Wildman–Crippen MR) is 63.2 cm³/mol. The minimum atomic E-state index is -2.68. The average molecular weight is 249 g/mol. The van der Waals surface area contributed by atoms with E-state index < -0.39 is 8.80 Å². The summed E-state index contributed by atoms with van der Waals surface area (Å²) in [4.78, 5) is 0. The lowest BCUT2D eigenvalue weighted by atomic mass is 10.5. The molecule has 0 saturated carbocycles. The van der Waals surface area contributed by atoms with E-state index in [-0.39, 0.29) is 5.73 Å². The highest BCUT2D eigenvalue weighted by Crippen LogP contribution is 2.19. The van der Waals surface area contributed by atoms with Gasteiger partial charge < -0.3 is 23.3 Å². The Hall–Kier alpha value is 0.0169. The third-order valence-corrected chi connectivity index (χ3v) is 5.59. The van der Waals surface area contributed by atoms with Crippen molar-refractivity contribution in [1.82, 2.24) is 5.32 Å². The summed E-state index contributed by atoms with van der Waals surface area (Å²) in [5, 5.41) is 3.29. The van der Waals surface area contributed by atoms with E-state index in [9.17, 15) is 0 Å². The van der Waals surface area contributed by atoms with E-state index >= 15 is 0 Å². The van der Waals surface area contributed by atoms with Crippen LogP contribution in [0.25, 0.3) is 0 Å². The molecule has 0 radical (unpaired) electrons. The zero-order valence-electron chi connectivity index (χ0n) is 10.5. The first-order chi connectivity index (χ1) is 7.79. The first-order valence-electron chi connectivity index (χ1n) is 6.03.